The van der Waals surface area contributed by atoms with E-state index in [-0.39, 0.29) is 0 Å². The second-order valence-electron chi connectivity index (χ2n) is 1.27. The molecule has 0 fully saturated rings. The van der Waals surface area contributed by atoms with Crippen molar-refractivity contribution in [2.75, 3.05) is 12.3 Å². The lowest BCUT2D eigenvalue weighted by Crippen LogP contribution is -2.17. The van der Waals surface area contributed by atoms with Gasteiger partial charge >= 0.3 is 0 Å². The minimum Gasteiger partial charge on any atom is -0.243 e. The van der Waals surface area contributed by atoms with Crippen molar-refractivity contribution in [1.82, 2.24) is 4.72 Å². The van der Waals surface area contributed by atoms with Crippen LogP contribution in [-0.2, 0) is 11.0 Å². The molecule has 0 bridgehead atoms. The molecule has 0 aliphatic carbocycles. The van der Waals surface area contributed by atoms with Gasteiger partial charge in [-0.1, -0.05) is 13.0 Å². The van der Waals surface area contributed by atoms with Crippen LogP contribution in [0.25, 0.3) is 0 Å². The van der Waals surface area contributed by atoms with Crippen LogP contribution in [0.3, 0.4) is 0 Å². The maximum Gasteiger partial charge on any atom is 0.0915 e. The normalized spacial score (nSPS) is 13.1. The standard InChI is InChI=1S/C5H11NOS/c1-3-5-6-8(7)4-2/h3,6H,1,4-5H2,2H3. The van der Waals surface area contributed by atoms with Gasteiger partial charge in [0, 0.05) is 12.3 Å². The van der Waals surface area contributed by atoms with E-state index in [4.69, 9.17) is 0 Å². The van der Waals surface area contributed by atoms with E-state index in [0.717, 1.165) is 0 Å². The molecule has 0 aliphatic heterocycles. The Morgan fingerprint density at radius 3 is 2.88 bits per heavy atom. The summed E-state index contributed by atoms with van der Waals surface area (Å²) in [5.74, 6) is 0.661. The van der Waals surface area contributed by atoms with Gasteiger partial charge < -0.3 is 0 Å². The zero-order chi connectivity index (χ0) is 6.41. The van der Waals surface area contributed by atoms with Crippen molar-refractivity contribution in [1.29, 1.82) is 0 Å². The Hall–Kier alpha value is -0.150. The molecule has 0 heterocycles. The quantitative estimate of drug-likeness (QED) is 0.554. The largest absolute Gasteiger partial charge is 0.243 e. The molecule has 48 valence electrons. The van der Waals surface area contributed by atoms with Gasteiger partial charge in [0.05, 0.1) is 11.0 Å². The molecular formula is C5H11NOS. The summed E-state index contributed by atoms with van der Waals surface area (Å²) in [6.07, 6.45) is 1.69. The lowest BCUT2D eigenvalue weighted by atomic mass is 10.7. The van der Waals surface area contributed by atoms with Crippen LogP contribution in [0, 0.1) is 0 Å². The van der Waals surface area contributed by atoms with Gasteiger partial charge in [-0.2, -0.15) is 0 Å². The zero-order valence-electron chi connectivity index (χ0n) is 5.02. The van der Waals surface area contributed by atoms with Crippen LogP contribution < -0.4 is 4.72 Å². The third-order valence-corrected chi connectivity index (χ3v) is 1.66. The van der Waals surface area contributed by atoms with Crippen LogP contribution in [0.2, 0.25) is 0 Å². The molecule has 0 aromatic carbocycles. The summed E-state index contributed by atoms with van der Waals surface area (Å²) in [4.78, 5) is 0. The molecule has 0 spiro atoms. The molecule has 0 saturated heterocycles. The zero-order valence-corrected chi connectivity index (χ0v) is 5.83. The van der Waals surface area contributed by atoms with Crippen LogP contribution in [0.1, 0.15) is 6.92 Å². The minimum atomic E-state index is -0.848. The third-order valence-electron chi connectivity index (χ3n) is 0.651. The van der Waals surface area contributed by atoms with E-state index in [0.29, 0.717) is 12.3 Å². The molecule has 0 radical (unpaired) electrons. The molecule has 1 unspecified atom stereocenters. The summed E-state index contributed by atoms with van der Waals surface area (Å²) < 4.78 is 13.3. The van der Waals surface area contributed by atoms with Crippen molar-refractivity contribution in [3.63, 3.8) is 0 Å². The minimum absolute atomic E-state index is 0.625. The third kappa shape index (κ3) is 4.02. The summed E-state index contributed by atoms with van der Waals surface area (Å²) in [5, 5.41) is 0. The van der Waals surface area contributed by atoms with E-state index in [1.54, 1.807) is 6.08 Å². The SMILES string of the molecule is C=CCNS(=O)CC. The molecule has 8 heavy (non-hydrogen) atoms. The second kappa shape index (κ2) is 5.00. The highest BCUT2D eigenvalue weighted by Gasteiger charge is 1.87. The maximum absolute atomic E-state index is 10.5. The first-order valence-corrected chi connectivity index (χ1v) is 3.86. The Bertz CT molecular complexity index is 92.4. The van der Waals surface area contributed by atoms with Crippen LogP contribution in [0.15, 0.2) is 12.7 Å². The van der Waals surface area contributed by atoms with Gasteiger partial charge in [0.1, 0.15) is 0 Å². The highest BCUT2D eigenvalue weighted by Crippen LogP contribution is 1.71. The van der Waals surface area contributed by atoms with E-state index >= 15 is 0 Å². The number of rotatable bonds is 4. The van der Waals surface area contributed by atoms with Crippen LogP contribution in [0.5, 0.6) is 0 Å². The molecule has 1 atom stereocenters. The summed E-state index contributed by atoms with van der Waals surface area (Å²) in [6.45, 7) is 5.96. The highest BCUT2D eigenvalue weighted by atomic mass is 32.2. The molecule has 1 N–H and O–H groups in total. The van der Waals surface area contributed by atoms with E-state index in [2.05, 4.69) is 11.3 Å². The van der Waals surface area contributed by atoms with Crippen molar-refractivity contribution >= 4 is 11.0 Å². The Kier molecular flexibility index (Phi) is 4.90. The number of hydrogen-bond acceptors (Lipinski definition) is 1. The molecule has 0 aromatic rings. The Balaban J connectivity index is 3.11. The van der Waals surface area contributed by atoms with E-state index in [9.17, 15) is 4.21 Å². The first kappa shape index (κ1) is 7.85. The van der Waals surface area contributed by atoms with Crippen molar-refractivity contribution in [3.8, 4) is 0 Å². The first-order chi connectivity index (χ1) is 3.81. The van der Waals surface area contributed by atoms with Gasteiger partial charge in [0.15, 0.2) is 0 Å². The van der Waals surface area contributed by atoms with Gasteiger partial charge in [-0.15, -0.1) is 6.58 Å². The highest BCUT2D eigenvalue weighted by molar-refractivity contribution is 7.82. The maximum atomic E-state index is 10.5. The Morgan fingerprint density at radius 2 is 2.50 bits per heavy atom. The Labute approximate surface area is 52.6 Å². The predicted molar refractivity (Wildman–Crippen MR) is 36.9 cm³/mol. The summed E-state index contributed by atoms with van der Waals surface area (Å²) in [6, 6.07) is 0. The molecule has 0 saturated carbocycles. The molecule has 0 aromatic heterocycles. The molecule has 0 rings (SSSR count). The fourth-order valence-corrected chi connectivity index (χ4v) is 0.762. The molecule has 0 aliphatic rings. The van der Waals surface area contributed by atoms with Crippen molar-refractivity contribution in [3.05, 3.63) is 12.7 Å². The number of nitrogens with one attached hydrogen (secondary N) is 1. The molecular weight excluding hydrogens is 122 g/mol. The monoisotopic (exact) mass is 133 g/mol. The predicted octanol–water partition coefficient (Wildman–Crippen LogP) is 0.446. The van der Waals surface area contributed by atoms with Gasteiger partial charge in [0.25, 0.3) is 0 Å². The smallest absolute Gasteiger partial charge is 0.0915 e. The van der Waals surface area contributed by atoms with Crippen molar-refractivity contribution in [2.45, 2.75) is 6.92 Å². The van der Waals surface area contributed by atoms with Crippen molar-refractivity contribution < 1.29 is 4.21 Å². The van der Waals surface area contributed by atoms with Gasteiger partial charge in [-0.05, 0) is 0 Å². The molecule has 3 heteroatoms. The second-order valence-corrected chi connectivity index (χ2v) is 2.83. The van der Waals surface area contributed by atoms with Gasteiger partial charge in [-0.25, -0.2) is 8.93 Å². The molecule has 0 amide bonds. The lowest BCUT2D eigenvalue weighted by molar-refractivity contribution is 0.676. The summed E-state index contributed by atoms with van der Waals surface area (Å²) in [7, 11) is -0.848. The van der Waals surface area contributed by atoms with Gasteiger partial charge in [0.2, 0.25) is 0 Å². The Morgan fingerprint density at radius 1 is 1.88 bits per heavy atom. The van der Waals surface area contributed by atoms with Gasteiger partial charge in [-0.3, -0.25) is 0 Å². The van der Waals surface area contributed by atoms with E-state index in [1.807, 2.05) is 6.92 Å². The molecule has 2 nitrogen and oxygen atoms in total. The van der Waals surface area contributed by atoms with E-state index in [1.165, 1.54) is 0 Å². The average Bonchev–Trinajstić information content (AvgIpc) is 1.83. The van der Waals surface area contributed by atoms with Crippen LogP contribution in [0.4, 0.5) is 0 Å². The van der Waals surface area contributed by atoms with Crippen LogP contribution in [-0.4, -0.2) is 16.5 Å². The van der Waals surface area contributed by atoms with E-state index < -0.39 is 11.0 Å². The summed E-state index contributed by atoms with van der Waals surface area (Å²) >= 11 is 0. The fourth-order valence-electron chi connectivity index (χ4n) is 0.254. The topological polar surface area (TPSA) is 29.1 Å². The summed E-state index contributed by atoms with van der Waals surface area (Å²) in [5.41, 5.74) is 0. The van der Waals surface area contributed by atoms with Crippen molar-refractivity contribution in [2.24, 2.45) is 0 Å². The van der Waals surface area contributed by atoms with Crippen LogP contribution >= 0.6 is 0 Å². The average molecular weight is 133 g/mol. The first-order valence-electron chi connectivity index (χ1n) is 2.54. The fraction of sp³-hybridized carbons (Fsp3) is 0.600. The number of hydrogen-bond donors (Lipinski definition) is 1. The lowest BCUT2D eigenvalue weighted by Gasteiger charge is -1.94.